The molecule has 1 amide bonds. The van der Waals surface area contributed by atoms with Gasteiger partial charge in [-0.15, -0.1) is 0 Å². The molecule has 0 aliphatic heterocycles. The maximum atomic E-state index is 13.0. The summed E-state index contributed by atoms with van der Waals surface area (Å²) in [5, 5.41) is 14.7. The molecule has 0 aliphatic carbocycles. The fraction of sp³-hybridized carbons (Fsp3) is 0.259. The Morgan fingerprint density at radius 2 is 1.72 bits per heavy atom. The van der Waals surface area contributed by atoms with Gasteiger partial charge in [-0.25, -0.2) is 4.79 Å². The molecule has 0 aromatic heterocycles. The predicted molar refractivity (Wildman–Crippen MR) is 139 cm³/mol. The summed E-state index contributed by atoms with van der Waals surface area (Å²) in [6.07, 6.45) is 0.0565. The molecule has 3 aromatic rings. The van der Waals surface area contributed by atoms with Crippen LogP contribution in [0.5, 0.6) is 0 Å². The van der Waals surface area contributed by atoms with Gasteiger partial charge in [0.15, 0.2) is 11.3 Å². The summed E-state index contributed by atoms with van der Waals surface area (Å²) >= 11 is 0. The van der Waals surface area contributed by atoms with E-state index in [4.69, 9.17) is 21.6 Å². The van der Waals surface area contributed by atoms with Crippen molar-refractivity contribution in [3.05, 3.63) is 82.9 Å². The van der Waals surface area contributed by atoms with Gasteiger partial charge in [-0.2, -0.15) is 0 Å². The molecule has 188 valence electrons. The fourth-order valence-corrected chi connectivity index (χ4v) is 4.07. The van der Waals surface area contributed by atoms with Crippen molar-refractivity contribution >= 4 is 34.3 Å². The van der Waals surface area contributed by atoms with Gasteiger partial charge >= 0.3 is 5.97 Å². The number of carbonyl (C=O) groups excluding carboxylic acids is 3. The highest BCUT2D eigenvalue weighted by Crippen LogP contribution is 2.24. The zero-order chi connectivity index (χ0) is 26.3. The molecule has 0 aliphatic rings. The number of carbonyl (C=O) groups is 3. The largest absolute Gasteiger partial charge is 0.464 e. The van der Waals surface area contributed by atoms with Gasteiger partial charge in [-0.3, -0.25) is 20.3 Å². The fourth-order valence-electron chi connectivity index (χ4n) is 4.07. The molecule has 0 saturated carbocycles. The van der Waals surface area contributed by atoms with Crippen LogP contribution in [0.4, 0.5) is 0 Å². The van der Waals surface area contributed by atoms with Gasteiger partial charge in [0.2, 0.25) is 0 Å². The van der Waals surface area contributed by atoms with Crippen molar-refractivity contribution in [1.29, 1.82) is 5.41 Å². The summed E-state index contributed by atoms with van der Waals surface area (Å²) in [6, 6.07) is 17.9. The molecular weight excluding hydrogens is 458 g/mol. The number of ether oxygens (including phenoxy) is 1. The monoisotopic (exact) mass is 489 g/mol. The van der Waals surface area contributed by atoms with Crippen molar-refractivity contribution in [3.63, 3.8) is 0 Å². The highest BCUT2D eigenvalue weighted by atomic mass is 16.5. The molecular formula is C27H31N5O4. The van der Waals surface area contributed by atoms with E-state index in [2.05, 4.69) is 10.6 Å². The second-order valence-corrected chi connectivity index (χ2v) is 8.33. The van der Waals surface area contributed by atoms with E-state index in [1.54, 1.807) is 43.3 Å². The highest BCUT2D eigenvalue weighted by Gasteiger charge is 2.45. The van der Waals surface area contributed by atoms with Crippen LogP contribution in [0.2, 0.25) is 0 Å². The Morgan fingerprint density at radius 1 is 1.03 bits per heavy atom. The predicted octanol–water partition coefficient (Wildman–Crippen LogP) is 1.65. The second-order valence-electron chi connectivity index (χ2n) is 8.33. The number of ketones is 1. The van der Waals surface area contributed by atoms with Gasteiger partial charge in [-0.1, -0.05) is 54.6 Å². The summed E-state index contributed by atoms with van der Waals surface area (Å²) in [6.45, 7) is 1.82. The van der Waals surface area contributed by atoms with Crippen molar-refractivity contribution in [2.24, 2.45) is 11.5 Å². The van der Waals surface area contributed by atoms with Crippen molar-refractivity contribution in [2.75, 3.05) is 20.2 Å². The number of amides is 1. The molecule has 3 aromatic carbocycles. The van der Waals surface area contributed by atoms with Crippen molar-refractivity contribution in [1.82, 2.24) is 10.6 Å². The third-order valence-corrected chi connectivity index (χ3v) is 6.09. The van der Waals surface area contributed by atoms with E-state index in [-0.39, 0.29) is 31.3 Å². The van der Waals surface area contributed by atoms with Crippen LogP contribution < -0.4 is 22.1 Å². The molecule has 7 N–H and O–H groups in total. The van der Waals surface area contributed by atoms with Crippen molar-refractivity contribution in [2.45, 2.75) is 25.4 Å². The van der Waals surface area contributed by atoms with Gasteiger partial charge in [-0.05, 0) is 41.9 Å². The quantitative estimate of drug-likeness (QED) is 0.118. The minimum atomic E-state index is -1.59. The first kappa shape index (κ1) is 26.5. The van der Waals surface area contributed by atoms with Crippen LogP contribution in [0.25, 0.3) is 10.8 Å². The SMILES string of the molecule is CCOC(=O)C(Cc1ccc2c(C(=O)NCc3ccc(C(=N)N)cc3)cccc2c1)(NC)C(=O)CN. The average Bonchev–Trinajstić information content (AvgIpc) is 2.89. The Balaban J connectivity index is 1.84. The Kier molecular flexibility index (Phi) is 8.52. The second kappa shape index (κ2) is 11.6. The number of rotatable bonds is 11. The number of fused-ring (bicyclic) bond motifs is 1. The zero-order valence-corrected chi connectivity index (χ0v) is 20.4. The number of nitrogen functional groups attached to an aromatic ring is 1. The summed E-state index contributed by atoms with van der Waals surface area (Å²) in [4.78, 5) is 38.4. The van der Waals surface area contributed by atoms with Crippen LogP contribution in [-0.2, 0) is 27.3 Å². The van der Waals surface area contributed by atoms with Crippen LogP contribution in [-0.4, -0.2) is 49.2 Å². The Bertz CT molecular complexity index is 1290. The first-order valence-electron chi connectivity index (χ1n) is 11.6. The normalized spacial score (nSPS) is 12.5. The van der Waals surface area contributed by atoms with E-state index in [9.17, 15) is 14.4 Å². The number of esters is 1. The lowest BCUT2D eigenvalue weighted by atomic mass is 9.85. The van der Waals surface area contributed by atoms with E-state index < -0.39 is 17.3 Å². The van der Waals surface area contributed by atoms with Gasteiger partial charge in [0, 0.05) is 24.1 Å². The first-order chi connectivity index (χ1) is 17.2. The molecule has 3 rings (SSSR count). The zero-order valence-electron chi connectivity index (χ0n) is 20.4. The lowest BCUT2D eigenvalue weighted by molar-refractivity contribution is -0.154. The van der Waals surface area contributed by atoms with Crippen LogP contribution >= 0.6 is 0 Å². The Labute approximate surface area is 209 Å². The van der Waals surface area contributed by atoms with Crippen LogP contribution in [0.15, 0.2) is 60.7 Å². The number of hydrogen-bond acceptors (Lipinski definition) is 7. The Morgan fingerprint density at radius 3 is 2.33 bits per heavy atom. The summed E-state index contributed by atoms with van der Waals surface area (Å²) in [5.74, 6) is -1.39. The summed E-state index contributed by atoms with van der Waals surface area (Å²) in [7, 11) is 1.53. The first-order valence-corrected chi connectivity index (χ1v) is 11.6. The molecule has 0 heterocycles. The molecule has 36 heavy (non-hydrogen) atoms. The number of amidine groups is 1. The maximum Gasteiger partial charge on any atom is 0.334 e. The highest BCUT2D eigenvalue weighted by molar-refractivity contribution is 6.10. The van der Waals surface area contributed by atoms with Gasteiger partial charge in [0.25, 0.3) is 5.91 Å². The number of likely N-dealkylation sites (N-methyl/N-ethyl adjacent to an activating group) is 1. The van der Waals surface area contributed by atoms with E-state index in [0.717, 1.165) is 21.9 Å². The van der Waals surface area contributed by atoms with Crippen LogP contribution in [0.3, 0.4) is 0 Å². The van der Waals surface area contributed by atoms with Gasteiger partial charge in [0.05, 0.1) is 13.2 Å². The van der Waals surface area contributed by atoms with Crippen molar-refractivity contribution in [3.8, 4) is 0 Å². The number of benzene rings is 3. The van der Waals surface area contributed by atoms with Crippen LogP contribution in [0, 0.1) is 5.41 Å². The average molecular weight is 490 g/mol. The standard InChI is InChI=1S/C27H31N5O4/c1-3-36-26(35)27(31-2,23(33)15-28)14-18-9-12-21-20(13-18)5-4-6-22(21)25(34)32-16-17-7-10-19(11-8-17)24(29)30/h4-13,31H,3,14-16,28H2,1-2H3,(H3,29,30)(H,32,34). The van der Waals surface area contributed by atoms with Crippen molar-refractivity contribution < 1.29 is 19.1 Å². The molecule has 0 spiro atoms. The number of hydrogen-bond donors (Lipinski definition) is 5. The number of nitrogens with two attached hydrogens (primary N) is 2. The topological polar surface area (TPSA) is 160 Å². The molecule has 9 nitrogen and oxygen atoms in total. The summed E-state index contributed by atoms with van der Waals surface area (Å²) in [5.41, 5.74) is 12.2. The van der Waals surface area contributed by atoms with Gasteiger partial charge < -0.3 is 21.5 Å². The van der Waals surface area contributed by atoms with E-state index in [1.807, 2.05) is 24.3 Å². The van der Waals surface area contributed by atoms with E-state index in [1.165, 1.54) is 7.05 Å². The molecule has 0 fully saturated rings. The smallest absolute Gasteiger partial charge is 0.334 e. The third-order valence-electron chi connectivity index (χ3n) is 6.09. The molecule has 0 saturated heterocycles. The summed E-state index contributed by atoms with van der Waals surface area (Å²) < 4.78 is 5.17. The molecule has 0 bridgehead atoms. The third kappa shape index (κ3) is 5.59. The van der Waals surface area contributed by atoms with E-state index in [0.29, 0.717) is 17.7 Å². The lowest BCUT2D eigenvalue weighted by Gasteiger charge is -2.29. The van der Waals surface area contributed by atoms with Gasteiger partial charge in [0.1, 0.15) is 5.84 Å². The molecule has 1 atom stereocenters. The lowest BCUT2D eigenvalue weighted by Crippen LogP contribution is -2.61. The molecule has 0 radical (unpaired) electrons. The maximum absolute atomic E-state index is 13.0. The molecule has 9 heteroatoms. The van der Waals surface area contributed by atoms with Crippen LogP contribution in [0.1, 0.15) is 34.0 Å². The minimum Gasteiger partial charge on any atom is -0.464 e. The number of nitrogens with one attached hydrogen (secondary N) is 3. The minimum absolute atomic E-state index is 0.0117. The Hall–Kier alpha value is -4.08. The molecule has 1 unspecified atom stereocenters. The van der Waals surface area contributed by atoms with E-state index >= 15 is 0 Å². The number of Topliss-reactive ketones (excluding diaryl/α,β-unsaturated/α-hetero) is 1.